The van der Waals surface area contributed by atoms with Gasteiger partial charge in [0, 0.05) is 5.56 Å². The van der Waals surface area contributed by atoms with Gasteiger partial charge in [0.05, 0.1) is 13.2 Å². The first-order valence-electron chi connectivity index (χ1n) is 4.59. The van der Waals surface area contributed by atoms with Crippen LogP contribution in [0.1, 0.15) is 12.5 Å². The van der Waals surface area contributed by atoms with Crippen molar-refractivity contribution in [3.8, 4) is 0 Å². The smallest absolute Gasteiger partial charge is 0.192 e. The standard InChI is InChI=1S/C11H12O3/c1-11(13-6-7-14-11)9-4-2-3-5-10(12)8-9/h2-5,8H,6-7H2,1H3. The molecule has 0 amide bonds. The van der Waals surface area contributed by atoms with Crippen LogP contribution in [0.3, 0.4) is 0 Å². The molecular formula is C11H12O3. The average molecular weight is 192 g/mol. The highest BCUT2D eigenvalue weighted by molar-refractivity contribution is 5.19. The summed E-state index contributed by atoms with van der Waals surface area (Å²) in [5, 5.41) is 0. The predicted molar refractivity (Wildman–Crippen MR) is 52.0 cm³/mol. The van der Waals surface area contributed by atoms with Crippen LogP contribution in [0.15, 0.2) is 35.1 Å². The van der Waals surface area contributed by atoms with Crippen molar-refractivity contribution >= 4 is 0 Å². The van der Waals surface area contributed by atoms with Crippen molar-refractivity contribution in [2.45, 2.75) is 12.7 Å². The monoisotopic (exact) mass is 192 g/mol. The highest BCUT2D eigenvalue weighted by atomic mass is 16.7. The van der Waals surface area contributed by atoms with Gasteiger partial charge in [-0.25, -0.2) is 0 Å². The summed E-state index contributed by atoms with van der Waals surface area (Å²) in [5.74, 6) is -0.752. The Morgan fingerprint density at radius 2 is 1.86 bits per heavy atom. The third-order valence-corrected chi connectivity index (χ3v) is 2.31. The lowest BCUT2D eigenvalue weighted by atomic mass is 10.1. The summed E-state index contributed by atoms with van der Waals surface area (Å²) in [7, 11) is 0. The molecule has 1 aromatic rings. The van der Waals surface area contributed by atoms with Crippen molar-refractivity contribution in [1.29, 1.82) is 0 Å². The first kappa shape index (κ1) is 9.37. The molecule has 14 heavy (non-hydrogen) atoms. The number of ether oxygens (including phenoxy) is 2. The summed E-state index contributed by atoms with van der Waals surface area (Å²) in [4.78, 5) is 11.3. The molecule has 0 aromatic heterocycles. The van der Waals surface area contributed by atoms with Gasteiger partial charge in [0.25, 0.3) is 0 Å². The molecule has 0 bridgehead atoms. The second-order valence-corrected chi connectivity index (χ2v) is 3.36. The molecule has 0 aliphatic carbocycles. The van der Waals surface area contributed by atoms with E-state index in [1.54, 1.807) is 12.1 Å². The van der Waals surface area contributed by atoms with Gasteiger partial charge in [-0.3, -0.25) is 4.79 Å². The Morgan fingerprint density at radius 3 is 2.57 bits per heavy atom. The van der Waals surface area contributed by atoms with Crippen molar-refractivity contribution in [2.75, 3.05) is 13.2 Å². The van der Waals surface area contributed by atoms with E-state index in [1.165, 1.54) is 6.07 Å². The van der Waals surface area contributed by atoms with E-state index in [1.807, 2.05) is 19.1 Å². The minimum absolute atomic E-state index is 0.0367. The van der Waals surface area contributed by atoms with Gasteiger partial charge in [-0.1, -0.05) is 18.2 Å². The molecule has 0 N–H and O–H groups in total. The van der Waals surface area contributed by atoms with Crippen molar-refractivity contribution in [1.82, 2.24) is 0 Å². The summed E-state index contributed by atoms with van der Waals surface area (Å²) < 4.78 is 10.9. The van der Waals surface area contributed by atoms with Gasteiger partial charge in [0.1, 0.15) is 0 Å². The van der Waals surface area contributed by atoms with E-state index in [0.29, 0.717) is 13.2 Å². The Labute approximate surface area is 82.3 Å². The van der Waals surface area contributed by atoms with Gasteiger partial charge in [0.15, 0.2) is 11.2 Å². The molecule has 74 valence electrons. The molecule has 1 saturated heterocycles. The van der Waals surface area contributed by atoms with Gasteiger partial charge >= 0.3 is 0 Å². The van der Waals surface area contributed by atoms with Crippen molar-refractivity contribution in [2.24, 2.45) is 0 Å². The summed E-state index contributed by atoms with van der Waals surface area (Å²) in [6.45, 7) is 2.97. The van der Waals surface area contributed by atoms with Gasteiger partial charge in [-0.05, 0) is 19.1 Å². The largest absolute Gasteiger partial charge is 0.344 e. The van der Waals surface area contributed by atoms with Gasteiger partial charge in [-0.2, -0.15) is 0 Å². The summed E-state index contributed by atoms with van der Waals surface area (Å²) in [6.07, 6.45) is 0. The van der Waals surface area contributed by atoms with E-state index in [0.717, 1.165) is 5.56 Å². The molecule has 3 nitrogen and oxygen atoms in total. The summed E-state index contributed by atoms with van der Waals surface area (Å²) in [5.41, 5.74) is 0.732. The van der Waals surface area contributed by atoms with Gasteiger partial charge in [0.2, 0.25) is 0 Å². The van der Waals surface area contributed by atoms with Crippen LogP contribution >= 0.6 is 0 Å². The number of rotatable bonds is 1. The average Bonchev–Trinajstić information content (AvgIpc) is 2.47. The molecule has 2 rings (SSSR count). The molecule has 1 aliphatic heterocycles. The lowest BCUT2D eigenvalue weighted by Crippen LogP contribution is -2.22. The van der Waals surface area contributed by atoms with E-state index in [9.17, 15) is 4.79 Å². The molecule has 0 spiro atoms. The number of hydrogen-bond acceptors (Lipinski definition) is 3. The molecule has 0 unspecified atom stereocenters. The first-order chi connectivity index (χ1) is 6.71. The Bertz CT molecular complexity index is 380. The van der Waals surface area contributed by atoms with Crippen LogP contribution in [-0.2, 0) is 15.3 Å². The van der Waals surface area contributed by atoms with Gasteiger partial charge < -0.3 is 9.47 Å². The third kappa shape index (κ3) is 1.69. The summed E-state index contributed by atoms with van der Waals surface area (Å²) >= 11 is 0. The zero-order valence-corrected chi connectivity index (χ0v) is 8.03. The Morgan fingerprint density at radius 1 is 1.21 bits per heavy atom. The second kappa shape index (κ2) is 3.52. The number of hydrogen-bond donors (Lipinski definition) is 0. The minimum Gasteiger partial charge on any atom is -0.344 e. The predicted octanol–water partition coefficient (Wildman–Crippen LogP) is 1.27. The van der Waals surface area contributed by atoms with Crippen LogP contribution in [0.25, 0.3) is 0 Å². The molecule has 1 heterocycles. The lowest BCUT2D eigenvalue weighted by Gasteiger charge is -2.21. The first-order valence-corrected chi connectivity index (χ1v) is 4.59. The van der Waals surface area contributed by atoms with Gasteiger partial charge in [-0.15, -0.1) is 0 Å². The fourth-order valence-electron chi connectivity index (χ4n) is 1.52. The van der Waals surface area contributed by atoms with Crippen LogP contribution in [0.2, 0.25) is 0 Å². The molecule has 1 aromatic carbocycles. The Balaban J connectivity index is 2.46. The van der Waals surface area contributed by atoms with Crippen LogP contribution in [-0.4, -0.2) is 13.2 Å². The maximum Gasteiger partial charge on any atom is 0.192 e. The van der Waals surface area contributed by atoms with E-state index in [2.05, 4.69) is 0 Å². The van der Waals surface area contributed by atoms with Crippen molar-refractivity contribution in [3.05, 3.63) is 46.1 Å². The Kier molecular flexibility index (Phi) is 2.35. The minimum atomic E-state index is -0.752. The molecule has 1 fully saturated rings. The molecule has 1 aliphatic rings. The van der Waals surface area contributed by atoms with E-state index in [4.69, 9.17) is 9.47 Å². The van der Waals surface area contributed by atoms with Crippen LogP contribution in [0.4, 0.5) is 0 Å². The van der Waals surface area contributed by atoms with Crippen LogP contribution in [0.5, 0.6) is 0 Å². The maximum absolute atomic E-state index is 11.3. The Hall–Kier alpha value is -1.19. The highest BCUT2D eigenvalue weighted by Crippen LogP contribution is 2.29. The third-order valence-electron chi connectivity index (χ3n) is 2.31. The fourth-order valence-corrected chi connectivity index (χ4v) is 1.52. The van der Waals surface area contributed by atoms with Crippen molar-refractivity contribution in [3.63, 3.8) is 0 Å². The SMILES string of the molecule is CC1(c2ccccc(=O)c2)OCCO1. The van der Waals surface area contributed by atoms with Crippen LogP contribution in [0, 0.1) is 0 Å². The molecule has 0 saturated carbocycles. The van der Waals surface area contributed by atoms with E-state index >= 15 is 0 Å². The fraction of sp³-hybridized carbons (Fsp3) is 0.364. The zero-order valence-electron chi connectivity index (χ0n) is 8.03. The lowest BCUT2D eigenvalue weighted by molar-refractivity contribution is -0.149. The van der Waals surface area contributed by atoms with Crippen molar-refractivity contribution < 1.29 is 9.47 Å². The maximum atomic E-state index is 11.3. The second-order valence-electron chi connectivity index (χ2n) is 3.36. The molecule has 0 atom stereocenters. The summed E-state index contributed by atoms with van der Waals surface area (Å²) in [6, 6.07) is 8.43. The van der Waals surface area contributed by atoms with Crippen LogP contribution < -0.4 is 5.43 Å². The van der Waals surface area contributed by atoms with E-state index < -0.39 is 5.79 Å². The topological polar surface area (TPSA) is 35.5 Å². The quantitative estimate of drug-likeness (QED) is 0.672. The highest BCUT2D eigenvalue weighted by Gasteiger charge is 2.32. The molecule has 3 heteroatoms. The zero-order chi connectivity index (χ0) is 10.0. The van der Waals surface area contributed by atoms with E-state index in [-0.39, 0.29) is 5.43 Å². The molecule has 0 radical (unpaired) electrons. The normalized spacial score (nSPS) is 19.5. The molecular weight excluding hydrogens is 180 g/mol.